The molecule has 0 aliphatic carbocycles. The van der Waals surface area contributed by atoms with Crippen molar-refractivity contribution in [3.05, 3.63) is 17.8 Å². The Morgan fingerprint density at radius 1 is 1.56 bits per heavy atom. The zero-order valence-corrected chi connectivity index (χ0v) is 10.3. The van der Waals surface area contributed by atoms with E-state index in [0.717, 1.165) is 26.1 Å². The van der Waals surface area contributed by atoms with Crippen molar-refractivity contribution in [3.8, 4) is 0 Å². The second kappa shape index (κ2) is 5.22. The highest BCUT2D eigenvalue weighted by Gasteiger charge is 2.21. The molecule has 1 aromatic heterocycles. The van der Waals surface area contributed by atoms with Gasteiger partial charge in [-0.25, -0.2) is 9.78 Å². The van der Waals surface area contributed by atoms with Gasteiger partial charge in [0.1, 0.15) is 5.82 Å². The predicted molar refractivity (Wildman–Crippen MR) is 67.9 cm³/mol. The molecule has 1 aromatic rings. The monoisotopic (exact) mass is 251 g/mol. The molecule has 0 unspecified atom stereocenters. The number of anilines is 2. The number of hydrogen-bond donors (Lipinski definition) is 2. The van der Waals surface area contributed by atoms with Crippen LogP contribution in [0.5, 0.6) is 0 Å². The summed E-state index contributed by atoms with van der Waals surface area (Å²) in [5.41, 5.74) is 5.87. The number of nitrogens with zero attached hydrogens (tertiary/aromatic N) is 2. The van der Waals surface area contributed by atoms with Gasteiger partial charge in [0.2, 0.25) is 0 Å². The second-order valence-electron chi connectivity index (χ2n) is 4.39. The molecule has 1 saturated heterocycles. The van der Waals surface area contributed by atoms with E-state index in [1.54, 1.807) is 0 Å². The fourth-order valence-electron chi connectivity index (χ4n) is 2.09. The first-order chi connectivity index (χ1) is 8.59. The van der Waals surface area contributed by atoms with Gasteiger partial charge >= 0.3 is 5.97 Å². The third-order valence-corrected chi connectivity index (χ3v) is 3.25. The van der Waals surface area contributed by atoms with Gasteiger partial charge in [0.05, 0.1) is 17.4 Å². The van der Waals surface area contributed by atoms with E-state index in [4.69, 9.17) is 15.6 Å². The van der Waals surface area contributed by atoms with Gasteiger partial charge in [0.15, 0.2) is 0 Å². The molecule has 0 radical (unpaired) electrons. The zero-order chi connectivity index (χ0) is 13.1. The second-order valence-corrected chi connectivity index (χ2v) is 4.39. The highest BCUT2D eigenvalue weighted by molar-refractivity contribution is 5.94. The van der Waals surface area contributed by atoms with Crippen LogP contribution < -0.4 is 10.6 Å². The summed E-state index contributed by atoms with van der Waals surface area (Å²) >= 11 is 0. The fraction of sp³-hybridized carbons (Fsp3) is 0.500. The average molecular weight is 251 g/mol. The van der Waals surface area contributed by atoms with Crippen LogP contribution in [-0.2, 0) is 4.74 Å². The van der Waals surface area contributed by atoms with E-state index in [0.29, 0.717) is 11.9 Å². The molecule has 0 atom stereocenters. The van der Waals surface area contributed by atoms with Crippen molar-refractivity contribution in [2.24, 2.45) is 0 Å². The number of ether oxygens (including phenoxy) is 1. The van der Waals surface area contributed by atoms with Crippen LogP contribution in [0.25, 0.3) is 0 Å². The van der Waals surface area contributed by atoms with Crippen LogP contribution >= 0.6 is 0 Å². The van der Waals surface area contributed by atoms with Crippen molar-refractivity contribution in [1.82, 2.24) is 4.98 Å². The quantitative estimate of drug-likeness (QED) is 0.832. The lowest BCUT2D eigenvalue weighted by Crippen LogP contribution is -2.37. The maximum Gasteiger partial charge on any atom is 0.337 e. The summed E-state index contributed by atoms with van der Waals surface area (Å²) in [4.78, 5) is 17.2. The van der Waals surface area contributed by atoms with E-state index in [1.165, 1.54) is 12.3 Å². The van der Waals surface area contributed by atoms with Gasteiger partial charge in [0.25, 0.3) is 0 Å². The number of aromatic carboxylic acids is 1. The van der Waals surface area contributed by atoms with Gasteiger partial charge in [-0.15, -0.1) is 0 Å². The molecule has 2 heterocycles. The predicted octanol–water partition coefficient (Wildman–Crippen LogP) is 0.977. The SMILES string of the molecule is CN(c1cc(C(=O)O)c(N)cn1)C1CCOCC1. The lowest BCUT2D eigenvalue weighted by Gasteiger charge is -2.32. The summed E-state index contributed by atoms with van der Waals surface area (Å²) in [5, 5.41) is 9.04. The van der Waals surface area contributed by atoms with E-state index in [1.807, 2.05) is 11.9 Å². The standard InChI is InChI=1S/C12H17N3O3/c1-15(8-2-4-18-5-3-8)11-6-9(12(16)17)10(13)7-14-11/h6-8H,2-5,13H2,1H3,(H,16,17). The number of nitrogens with two attached hydrogens (primary N) is 1. The van der Waals surface area contributed by atoms with Gasteiger partial charge in [-0.2, -0.15) is 0 Å². The van der Waals surface area contributed by atoms with E-state index in [9.17, 15) is 4.79 Å². The molecule has 0 bridgehead atoms. The molecule has 3 N–H and O–H groups in total. The first kappa shape index (κ1) is 12.6. The molecule has 6 heteroatoms. The Hall–Kier alpha value is -1.82. The average Bonchev–Trinajstić information content (AvgIpc) is 2.39. The smallest absolute Gasteiger partial charge is 0.337 e. The van der Waals surface area contributed by atoms with Crippen LogP contribution in [-0.4, -0.2) is 42.4 Å². The molecule has 0 aromatic carbocycles. The van der Waals surface area contributed by atoms with E-state index in [2.05, 4.69) is 4.98 Å². The normalized spacial score (nSPS) is 16.5. The molecule has 2 rings (SSSR count). The lowest BCUT2D eigenvalue weighted by atomic mass is 10.1. The number of nitrogen functional groups attached to an aromatic ring is 1. The summed E-state index contributed by atoms with van der Waals surface area (Å²) in [6.07, 6.45) is 3.24. The molecule has 1 fully saturated rings. The summed E-state index contributed by atoms with van der Waals surface area (Å²) in [7, 11) is 1.92. The highest BCUT2D eigenvalue weighted by Crippen LogP contribution is 2.22. The summed E-state index contributed by atoms with van der Waals surface area (Å²) in [5.74, 6) is -0.398. The molecule has 98 valence electrons. The number of carboxylic acid groups (broad SMARTS) is 1. The maximum atomic E-state index is 11.0. The Labute approximate surface area is 105 Å². The van der Waals surface area contributed by atoms with Gasteiger partial charge in [-0.3, -0.25) is 0 Å². The van der Waals surface area contributed by atoms with Gasteiger partial charge in [-0.1, -0.05) is 0 Å². The molecule has 1 aliphatic heterocycles. The Morgan fingerprint density at radius 2 is 2.22 bits per heavy atom. The number of pyridine rings is 1. The number of rotatable bonds is 3. The number of carboxylic acids is 1. The third-order valence-electron chi connectivity index (χ3n) is 3.25. The van der Waals surface area contributed by atoms with Crippen LogP contribution in [0.4, 0.5) is 11.5 Å². The van der Waals surface area contributed by atoms with E-state index >= 15 is 0 Å². The molecular weight excluding hydrogens is 234 g/mol. The first-order valence-corrected chi connectivity index (χ1v) is 5.89. The summed E-state index contributed by atoms with van der Waals surface area (Å²) in [6, 6.07) is 1.85. The number of carbonyl (C=O) groups is 1. The van der Waals surface area contributed by atoms with Crippen LogP contribution in [0.2, 0.25) is 0 Å². The number of aromatic nitrogens is 1. The Bertz CT molecular complexity index is 444. The maximum absolute atomic E-state index is 11.0. The lowest BCUT2D eigenvalue weighted by molar-refractivity contribution is 0.0697. The van der Waals surface area contributed by atoms with Crippen molar-refractivity contribution in [1.29, 1.82) is 0 Å². The molecule has 0 amide bonds. The van der Waals surface area contributed by atoms with E-state index < -0.39 is 5.97 Å². The molecular formula is C12H17N3O3. The third kappa shape index (κ3) is 2.53. The largest absolute Gasteiger partial charge is 0.478 e. The fourth-order valence-corrected chi connectivity index (χ4v) is 2.09. The van der Waals surface area contributed by atoms with Crippen LogP contribution in [0, 0.1) is 0 Å². The molecule has 1 aliphatic rings. The van der Waals surface area contributed by atoms with Crippen LogP contribution in [0.15, 0.2) is 12.3 Å². The van der Waals surface area contributed by atoms with Crippen molar-refractivity contribution < 1.29 is 14.6 Å². The molecule has 6 nitrogen and oxygen atoms in total. The highest BCUT2D eigenvalue weighted by atomic mass is 16.5. The minimum Gasteiger partial charge on any atom is -0.478 e. The van der Waals surface area contributed by atoms with Crippen LogP contribution in [0.1, 0.15) is 23.2 Å². The molecule has 0 spiro atoms. The van der Waals surface area contributed by atoms with Gasteiger partial charge in [-0.05, 0) is 18.9 Å². The first-order valence-electron chi connectivity index (χ1n) is 5.89. The Balaban J connectivity index is 2.21. The zero-order valence-electron chi connectivity index (χ0n) is 10.3. The van der Waals surface area contributed by atoms with Gasteiger partial charge < -0.3 is 20.5 Å². The molecule has 18 heavy (non-hydrogen) atoms. The van der Waals surface area contributed by atoms with E-state index in [-0.39, 0.29) is 11.3 Å². The molecule has 0 saturated carbocycles. The topological polar surface area (TPSA) is 88.7 Å². The summed E-state index contributed by atoms with van der Waals surface area (Å²) in [6.45, 7) is 1.46. The van der Waals surface area contributed by atoms with Crippen molar-refractivity contribution in [2.75, 3.05) is 30.9 Å². The summed E-state index contributed by atoms with van der Waals surface area (Å²) < 4.78 is 5.31. The minimum absolute atomic E-state index is 0.0962. The van der Waals surface area contributed by atoms with Gasteiger partial charge in [0, 0.05) is 26.3 Å². The Morgan fingerprint density at radius 3 is 2.83 bits per heavy atom. The van der Waals surface area contributed by atoms with Crippen molar-refractivity contribution >= 4 is 17.5 Å². The number of hydrogen-bond acceptors (Lipinski definition) is 5. The minimum atomic E-state index is -1.03. The van der Waals surface area contributed by atoms with Crippen molar-refractivity contribution in [3.63, 3.8) is 0 Å². The van der Waals surface area contributed by atoms with Crippen molar-refractivity contribution in [2.45, 2.75) is 18.9 Å². The van der Waals surface area contributed by atoms with Crippen LogP contribution in [0.3, 0.4) is 0 Å². The Kier molecular flexibility index (Phi) is 3.66.